The zero-order valence-electron chi connectivity index (χ0n) is 19.3. The molecule has 0 aliphatic carbocycles. The number of nitrogens with zero attached hydrogens (tertiary/aromatic N) is 1. The van der Waals surface area contributed by atoms with Gasteiger partial charge in [0, 0.05) is 34.3 Å². The number of ether oxygens (including phenoxy) is 2. The maximum atomic E-state index is 12.9. The highest BCUT2D eigenvalue weighted by atomic mass is 35.5. The van der Waals surface area contributed by atoms with Crippen LogP contribution in [0.1, 0.15) is 17.5 Å². The fraction of sp³-hybridized carbons (Fsp3) is 0.231. The molecule has 2 amide bonds. The summed E-state index contributed by atoms with van der Waals surface area (Å²) in [5.74, 6) is -0.0239. The Morgan fingerprint density at radius 1 is 1.06 bits per heavy atom. The summed E-state index contributed by atoms with van der Waals surface area (Å²) in [6.45, 7) is 2.39. The Bertz CT molecular complexity index is 1210. The van der Waals surface area contributed by atoms with Crippen molar-refractivity contribution in [2.45, 2.75) is 20.0 Å². The van der Waals surface area contributed by atoms with Crippen LogP contribution in [0.25, 0.3) is 0 Å². The molecule has 3 aromatic carbocycles. The first kappa shape index (κ1) is 24.7. The van der Waals surface area contributed by atoms with E-state index in [2.05, 4.69) is 10.9 Å². The van der Waals surface area contributed by atoms with Gasteiger partial charge in [-0.25, -0.2) is 0 Å². The van der Waals surface area contributed by atoms with Gasteiger partial charge in [-0.05, 0) is 43.3 Å². The average molecular weight is 514 g/mol. The Morgan fingerprint density at radius 3 is 2.43 bits per heavy atom. The van der Waals surface area contributed by atoms with Crippen LogP contribution >= 0.6 is 23.2 Å². The van der Waals surface area contributed by atoms with Gasteiger partial charge in [0.1, 0.15) is 6.61 Å². The topological polar surface area (TPSA) is 79.9 Å². The van der Waals surface area contributed by atoms with Crippen LogP contribution in [0.5, 0.6) is 11.5 Å². The van der Waals surface area contributed by atoms with Gasteiger partial charge in [0.2, 0.25) is 11.8 Å². The van der Waals surface area contributed by atoms with Crippen LogP contribution in [0.4, 0.5) is 11.4 Å². The monoisotopic (exact) mass is 513 g/mol. The van der Waals surface area contributed by atoms with Gasteiger partial charge in [-0.2, -0.15) is 0 Å². The molecule has 0 saturated carbocycles. The van der Waals surface area contributed by atoms with E-state index in [1.807, 2.05) is 31.2 Å². The molecule has 182 valence electrons. The predicted molar refractivity (Wildman–Crippen MR) is 137 cm³/mol. The molecule has 1 heterocycles. The summed E-state index contributed by atoms with van der Waals surface area (Å²) in [6, 6.07) is 18.1. The summed E-state index contributed by atoms with van der Waals surface area (Å²) in [4.78, 5) is 27.0. The van der Waals surface area contributed by atoms with Gasteiger partial charge in [-0.15, -0.1) is 0 Å². The van der Waals surface area contributed by atoms with Crippen molar-refractivity contribution in [1.29, 1.82) is 0 Å². The lowest BCUT2D eigenvalue weighted by atomic mass is 10.1. The van der Waals surface area contributed by atoms with E-state index in [-0.39, 0.29) is 24.8 Å². The maximum Gasteiger partial charge on any atom is 0.243 e. The fourth-order valence-electron chi connectivity index (χ4n) is 3.83. The maximum absolute atomic E-state index is 12.9. The molecule has 0 unspecified atom stereocenters. The number of carbonyl (C=O) groups is 2. The highest BCUT2D eigenvalue weighted by Crippen LogP contribution is 2.36. The number of nitrogens with one attached hydrogen (secondary N) is 2. The van der Waals surface area contributed by atoms with E-state index in [1.54, 1.807) is 41.3 Å². The lowest BCUT2D eigenvalue weighted by Gasteiger charge is -2.19. The fourth-order valence-corrected chi connectivity index (χ4v) is 4.33. The second-order valence-corrected chi connectivity index (χ2v) is 9.00. The van der Waals surface area contributed by atoms with Crippen molar-refractivity contribution in [3.63, 3.8) is 0 Å². The third kappa shape index (κ3) is 5.63. The smallest absolute Gasteiger partial charge is 0.243 e. The lowest BCUT2D eigenvalue weighted by molar-refractivity contribution is -0.125. The first-order valence-electron chi connectivity index (χ1n) is 11.0. The summed E-state index contributed by atoms with van der Waals surface area (Å²) >= 11 is 12.5. The van der Waals surface area contributed by atoms with Crippen LogP contribution in [0.3, 0.4) is 0 Å². The normalized spacial score (nSPS) is 15.1. The standard InChI is InChI=1S/C26H25Cl2N3O4/c1-16-9-11-18(12-10-16)31-14-17(13-24(31)32)26(33)30-29-22-7-4-8-23(34-2)25(22)35-15-19-20(27)5-3-6-21(19)28/h3-12,17,29H,13-15H2,1-2H3,(H,30,33)/t17-/m1/s1. The van der Waals surface area contributed by atoms with Crippen LogP contribution in [0, 0.1) is 12.8 Å². The van der Waals surface area contributed by atoms with Crippen molar-refractivity contribution in [3.05, 3.63) is 81.8 Å². The molecule has 35 heavy (non-hydrogen) atoms. The number of para-hydroxylation sites is 1. The molecule has 1 saturated heterocycles. The van der Waals surface area contributed by atoms with E-state index < -0.39 is 5.92 Å². The molecule has 1 fully saturated rings. The lowest BCUT2D eigenvalue weighted by Crippen LogP contribution is -2.36. The third-order valence-corrected chi connectivity index (χ3v) is 6.49. The number of benzene rings is 3. The van der Waals surface area contributed by atoms with Crippen molar-refractivity contribution >= 4 is 46.4 Å². The second kappa shape index (κ2) is 10.9. The Hall–Kier alpha value is -3.42. The number of aryl methyl sites for hydroxylation is 1. The number of hydrogen-bond acceptors (Lipinski definition) is 5. The number of carbonyl (C=O) groups excluding carboxylic acids is 2. The molecule has 9 heteroatoms. The number of rotatable bonds is 8. The van der Waals surface area contributed by atoms with E-state index in [1.165, 1.54) is 7.11 Å². The molecular weight excluding hydrogens is 489 g/mol. The van der Waals surface area contributed by atoms with Gasteiger partial charge < -0.3 is 14.4 Å². The minimum absolute atomic E-state index is 0.0870. The van der Waals surface area contributed by atoms with Crippen LogP contribution in [-0.4, -0.2) is 25.5 Å². The molecule has 3 aromatic rings. The minimum Gasteiger partial charge on any atom is -0.493 e. The van der Waals surface area contributed by atoms with Crippen LogP contribution in [0.2, 0.25) is 10.0 Å². The van der Waals surface area contributed by atoms with Crippen LogP contribution < -0.4 is 25.2 Å². The third-order valence-electron chi connectivity index (χ3n) is 5.78. The molecule has 2 N–H and O–H groups in total. The van der Waals surface area contributed by atoms with Crippen LogP contribution in [-0.2, 0) is 16.2 Å². The SMILES string of the molecule is COc1cccc(NNC(=O)[C@@H]2CC(=O)N(c3ccc(C)cc3)C2)c1OCc1c(Cl)cccc1Cl. The number of hydrogen-bond donors (Lipinski definition) is 2. The summed E-state index contributed by atoms with van der Waals surface area (Å²) < 4.78 is 11.4. The van der Waals surface area contributed by atoms with Crippen molar-refractivity contribution in [1.82, 2.24) is 5.43 Å². The largest absolute Gasteiger partial charge is 0.493 e. The second-order valence-electron chi connectivity index (χ2n) is 8.18. The Kier molecular flexibility index (Phi) is 7.68. The van der Waals surface area contributed by atoms with E-state index >= 15 is 0 Å². The first-order chi connectivity index (χ1) is 16.9. The Morgan fingerprint density at radius 2 is 1.74 bits per heavy atom. The number of anilines is 2. The van der Waals surface area contributed by atoms with Crippen molar-refractivity contribution in [3.8, 4) is 11.5 Å². The number of halogens is 2. The summed E-state index contributed by atoms with van der Waals surface area (Å²) in [7, 11) is 1.52. The van der Waals surface area contributed by atoms with Gasteiger partial charge in [0.05, 0.1) is 18.7 Å². The summed E-state index contributed by atoms with van der Waals surface area (Å²) in [6.07, 6.45) is 0.133. The Balaban J connectivity index is 1.43. The highest BCUT2D eigenvalue weighted by Gasteiger charge is 2.35. The number of methoxy groups -OCH3 is 1. The molecule has 1 aliphatic heterocycles. The van der Waals surface area contributed by atoms with E-state index in [0.717, 1.165) is 11.3 Å². The van der Waals surface area contributed by atoms with Gasteiger partial charge in [-0.1, -0.05) is 53.0 Å². The zero-order valence-corrected chi connectivity index (χ0v) is 20.8. The van der Waals surface area contributed by atoms with Crippen molar-refractivity contribution in [2.75, 3.05) is 24.0 Å². The first-order valence-corrected chi connectivity index (χ1v) is 11.8. The Labute approximate surface area is 213 Å². The van der Waals surface area contributed by atoms with Gasteiger partial charge in [0.25, 0.3) is 0 Å². The molecule has 1 atom stereocenters. The van der Waals surface area contributed by atoms with E-state index in [4.69, 9.17) is 32.7 Å². The molecule has 0 aromatic heterocycles. The highest BCUT2D eigenvalue weighted by molar-refractivity contribution is 6.35. The van der Waals surface area contributed by atoms with E-state index in [9.17, 15) is 9.59 Å². The molecular formula is C26H25Cl2N3O4. The average Bonchev–Trinajstić information content (AvgIpc) is 3.24. The predicted octanol–water partition coefficient (Wildman–Crippen LogP) is 5.39. The van der Waals surface area contributed by atoms with Crippen molar-refractivity contribution in [2.24, 2.45) is 5.92 Å². The zero-order chi connectivity index (χ0) is 24.9. The quantitative estimate of drug-likeness (QED) is 0.395. The number of hydrazine groups is 1. The molecule has 4 rings (SSSR count). The molecule has 1 aliphatic rings. The summed E-state index contributed by atoms with van der Waals surface area (Å²) in [5, 5.41) is 0.971. The molecule has 0 radical (unpaired) electrons. The molecule has 7 nitrogen and oxygen atoms in total. The minimum atomic E-state index is -0.492. The molecule has 0 bridgehead atoms. The van der Waals surface area contributed by atoms with E-state index in [0.29, 0.717) is 39.3 Å². The van der Waals surface area contributed by atoms with Gasteiger partial charge >= 0.3 is 0 Å². The van der Waals surface area contributed by atoms with Gasteiger partial charge in [-0.3, -0.25) is 20.4 Å². The summed E-state index contributed by atoms with van der Waals surface area (Å²) in [5.41, 5.74) is 8.62. The van der Waals surface area contributed by atoms with Gasteiger partial charge in [0.15, 0.2) is 11.5 Å². The van der Waals surface area contributed by atoms with Crippen LogP contribution in [0.15, 0.2) is 60.7 Å². The van der Waals surface area contributed by atoms with Crippen molar-refractivity contribution < 1.29 is 19.1 Å². The molecule has 0 spiro atoms. The number of amides is 2.